The maximum Gasteiger partial charge on any atom is 0.321 e. The van der Waals surface area contributed by atoms with Crippen LogP contribution in [0.2, 0.25) is 10.0 Å². The number of anilines is 1. The third-order valence-corrected chi connectivity index (χ3v) is 10.7. The van der Waals surface area contributed by atoms with Gasteiger partial charge >= 0.3 is 11.9 Å². The summed E-state index contributed by atoms with van der Waals surface area (Å²) in [4.78, 5) is 39.1. The maximum absolute atomic E-state index is 15.7. The molecule has 0 aromatic heterocycles. The molecular weight excluding hydrogens is 584 g/mol. The van der Waals surface area contributed by atoms with Crippen molar-refractivity contribution in [3.8, 4) is 0 Å². The summed E-state index contributed by atoms with van der Waals surface area (Å²) in [6, 6.07) is 8.85. The first-order valence-electron chi connectivity index (χ1n) is 14.5. The number of hydrogen-bond acceptors (Lipinski definition) is 6. The molecule has 2 spiro atoms. The monoisotopic (exact) mass is 617 g/mol. The van der Waals surface area contributed by atoms with E-state index in [4.69, 9.17) is 27.9 Å². The average Bonchev–Trinajstić information content (AvgIpc) is 3.43. The lowest BCUT2D eigenvalue weighted by Crippen LogP contribution is -2.62. The van der Waals surface area contributed by atoms with Gasteiger partial charge in [0, 0.05) is 34.3 Å². The number of carbonyl (C=O) groups is 3. The quantitative estimate of drug-likeness (QED) is 0.342. The number of halogens is 3. The molecule has 0 radical (unpaired) electrons. The number of amides is 1. The molecule has 2 aromatic carbocycles. The fraction of sp³-hybridized carbons (Fsp3) is 0.516. The van der Waals surface area contributed by atoms with Crippen LogP contribution in [0.15, 0.2) is 36.4 Å². The van der Waals surface area contributed by atoms with Crippen molar-refractivity contribution >= 4 is 46.7 Å². The van der Waals surface area contributed by atoms with Crippen LogP contribution in [0.3, 0.4) is 0 Å². The molecule has 0 unspecified atom stereocenters. The van der Waals surface area contributed by atoms with Crippen LogP contribution in [0, 0.1) is 11.7 Å². The summed E-state index contributed by atoms with van der Waals surface area (Å²) < 4.78 is 20.6. The molecule has 1 amide bonds. The molecule has 1 saturated heterocycles. The van der Waals surface area contributed by atoms with Gasteiger partial charge in [0.05, 0.1) is 18.1 Å². The molecule has 3 fully saturated rings. The van der Waals surface area contributed by atoms with Gasteiger partial charge < -0.3 is 20.5 Å². The van der Waals surface area contributed by atoms with E-state index in [-0.39, 0.29) is 40.5 Å². The SMILES string of the molecule is COC(=O)[C@H]1CC[C@H](NC2CCC3(CC2)N[C@@H](C(=O)O)[C@H](c2cccc(Cl)c2F)[C@]32C(=O)Nc3cc(Cl)ccc32)CC1. The van der Waals surface area contributed by atoms with E-state index < -0.39 is 34.7 Å². The fourth-order valence-corrected chi connectivity index (χ4v) is 8.68. The molecule has 11 heteroatoms. The van der Waals surface area contributed by atoms with Gasteiger partial charge in [-0.05, 0) is 80.7 Å². The van der Waals surface area contributed by atoms with Crippen LogP contribution in [0.1, 0.15) is 68.4 Å². The highest BCUT2D eigenvalue weighted by Crippen LogP contribution is 2.62. The Bertz CT molecular complexity index is 1420. The van der Waals surface area contributed by atoms with Crippen molar-refractivity contribution in [2.75, 3.05) is 12.4 Å². The highest BCUT2D eigenvalue weighted by atomic mass is 35.5. The van der Waals surface area contributed by atoms with E-state index in [1.807, 2.05) is 0 Å². The lowest BCUT2D eigenvalue weighted by molar-refractivity contribution is -0.146. The first-order chi connectivity index (χ1) is 20.1. The summed E-state index contributed by atoms with van der Waals surface area (Å²) in [6.45, 7) is 0. The Morgan fingerprint density at radius 2 is 1.74 bits per heavy atom. The van der Waals surface area contributed by atoms with Gasteiger partial charge in [-0.3, -0.25) is 19.7 Å². The van der Waals surface area contributed by atoms with E-state index in [1.54, 1.807) is 24.3 Å². The Balaban J connectivity index is 1.35. The van der Waals surface area contributed by atoms with Gasteiger partial charge in [0.2, 0.25) is 5.91 Å². The summed E-state index contributed by atoms with van der Waals surface area (Å²) in [7, 11) is 1.42. The number of esters is 1. The molecule has 42 heavy (non-hydrogen) atoms. The Kier molecular flexibility index (Phi) is 7.75. The smallest absolute Gasteiger partial charge is 0.321 e. The van der Waals surface area contributed by atoms with E-state index in [0.717, 1.165) is 25.7 Å². The zero-order chi connectivity index (χ0) is 29.8. The normalized spacial score (nSPS) is 33.9. The number of carbonyl (C=O) groups excluding carboxylic acids is 2. The van der Waals surface area contributed by atoms with E-state index in [0.29, 0.717) is 42.0 Å². The first kappa shape index (κ1) is 29.4. The maximum atomic E-state index is 15.7. The van der Waals surface area contributed by atoms with Gasteiger partial charge in [-0.15, -0.1) is 0 Å². The standard InChI is InChI=1S/C31H34Cl2FN3O5/c1-42-28(40)16-5-8-18(9-6-16)35-19-11-13-30(14-12-19)31(21-10-7-17(32)15-23(21)36-29(31)41)24(26(37-30)27(38)39)20-3-2-4-22(33)25(20)34/h2-4,7,10,15-16,18-19,24,26,35,37H,5-6,8-9,11-14H2,1H3,(H,36,41)(H,38,39)/t16-,18-,19?,24-,26+,30?,31+/m0/s1. The van der Waals surface area contributed by atoms with Crippen molar-refractivity contribution in [2.24, 2.45) is 5.92 Å². The summed E-state index contributed by atoms with van der Waals surface area (Å²) in [5.41, 5.74) is -1.15. The molecule has 224 valence electrons. The number of fused-ring (bicyclic) bond motifs is 3. The van der Waals surface area contributed by atoms with Crippen molar-refractivity contribution < 1.29 is 28.6 Å². The Hall–Kier alpha value is -2.72. The van der Waals surface area contributed by atoms with Gasteiger partial charge in [-0.2, -0.15) is 0 Å². The van der Waals surface area contributed by atoms with E-state index in [2.05, 4.69) is 16.0 Å². The van der Waals surface area contributed by atoms with Crippen molar-refractivity contribution in [1.29, 1.82) is 0 Å². The lowest BCUT2D eigenvalue weighted by atomic mass is 9.55. The van der Waals surface area contributed by atoms with Gasteiger partial charge in [0.1, 0.15) is 17.3 Å². The molecule has 0 bridgehead atoms. The summed E-state index contributed by atoms with van der Waals surface area (Å²) in [5, 5.41) is 20.9. The molecule has 2 aromatic rings. The number of hydrogen-bond donors (Lipinski definition) is 4. The minimum Gasteiger partial charge on any atom is -0.480 e. The molecule has 3 atom stereocenters. The first-order valence-corrected chi connectivity index (χ1v) is 15.3. The lowest BCUT2D eigenvalue weighted by Gasteiger charge is -2.49. The molecular formula is C31H34Cl2FN3O5. The molecule has 2 aliphatic carbocycles. The number of benzene rings is 2. The number of carboxylic acid groups (broad SMARTS) is 1. The third kappa shape index (κ3) is 4.51. The molecule has 2 saturated carbocycles. The Morgan fingerprint density at radius 3 is 2.40 bits per heavy atom. The van der Waals surface area contributed by atoms with Crippen LogP contribution in [-0.4, -0.2) is 53.7 Å². The second kappa shape index (κ2) is 11.1. The fourth-order valence-electron chi connectivity index (χ4n) is 8.32. The van der Waals surface area contributed by atoms with E-state index in [1.165, 1.54) is 19.2 Å². The second-order valence-corrected chi connectivity index (χ2v) is 13.0. The van der Waals surface area contributed by atoms with Crippen molar-refractivity contribution in [3.63, 3.8) is 0 Å². The number of methoxy groups -OCH3 is 1. The highest BCUT2D eigenvalue weighted by Gasteiger charge is 2.72. The van der Waals surface area contributed by atoms with Crippen LogP contribution < -0.4 is 16.0 Å². The molecule has 2 aliphatic heterocycles. The zero-order valence-corrected chi connectivity index (χ0v) is 24.7. The molecule has 6 rings (SSSR count). The van der Waals surface area contributed by atoms with E-state index in [9.17, 15) is 19.5 Å². The van der Waals surface area contributed by atoms with Crippen molar-refractivity contribution in [2.45, 2.75) is 86.4 Å². The van der Waals surface area contributed by atoms with Crippen LogP contribution in [0.5, 0.6) is 0 Å². The second-order valence-electron chi connectivity index (χ2n) is 12.1. The zero-order valence-electron chi connectivity index (χ0n) is 23.2. The van der Waals surface area contributed by atoms with Gasteiger partial charge in [0.25, 0.3) is 0 Å². The Labute approximate surface area is 253 Å². The predicted molar refractivity (Wildman–Crippen MR) is 156 cm³/mol. The third-order valence-electron chi connectivity index (χ3n) is 10.2. The Morgan fingerprint density at radius 1 is 1.05 bits per heavy atom. The van der Waals surface area contributed by atoms with Gasteiger partial charge in [-0.25, -0.2) is 4.39 Å². The highest BCUT2D eigenvalue weighted by molar-refractivity contribution is 6.31. The number of nitrogens with one attached hydrogen (secondary N) is 3. The number of aliphatic carboxylic acids is 1. The minimum absolute atomic E-state index is 0.0588. The minimum atomic E-state index is -1.41. The summed E-state index contributed by atoms with van der Waals surface area (Å²) >= 11 is 12.5. The largest absolute Gasteiger partial charge is 0.480 e. The van der Waals surface area contributed by atoms with E-state index >= 15 is 4.39 Å². The van der Waals surface area contributed by atoms with Crippen molar-refractivity contribution in [1.82, 2.24) is 10.6 Å². The van der Waals surface area contributed by atoms with Crippen LogP contribution in [0.25, 0.3) is 0 Å². The van der Waals surface area contributed by atoms with Crippen LogP contribution >= 0.6 is 23.2 Å². The van der Waals surface area contributed by atoms with Crippen LogP contribution in [-0.2, 0) is 24.5 Å². The average molecular weight is 619 g/mol. The van der Waals surface area contributed by atoms with Crippen LogP contribution in [0.4, 0.5) is 10.1 Å². The summed E-state index contributed by atoms with van der Waals surface area (Å²) in [5.74, 6) is -3.52. The topological polar surface area (TPSA) is 117 Å². The molecule has 2 heterocycles. The van der Waals surface area contributed by atoms with Gasteiger partial charge in [0.15, 0.2) is 0 Å². The molecule has 8 nitrogen and oxygen atoms in total. The van der Waals surface area contributed by atoms with Gasteiger partial charge in [-0.1, -0.05) is 41.4 Å². The number of rotatable bonds is 5. The van der Waals surface area contributed by atoms with Crippen molar-refractivity contribution in [3.05, 3.63) is 63.4 Å². The number of ether oxygens (including phenoxy) is 1. The molecule has 4 aliphatic rings. The molecule has 4 N–H and O–H groups in total. The predicted octanol–water partition coefficient (Wildman–Crippen LogP) is 5.17. The number of carboxylic acids is 1. The summed E-state index contributed by atoms with van der Waals surface area (Å²) in [6.07, 6.45) is 5.68.